The fourth-order valence-electron chi connectivity index (χ4n) is 3.55. The molecule has 0 N–H and O–H groups in total. The lowest BCUT2D eigenvalue weighted by Crippen LogP contribution is -2.16. The molecule has 1 fully saturated rings. The summed E-state index contributed by atoms with van der Waals surface area (Å²) in [6.45, 7) is 0. The normalized spacial score (nSPS) is 14.6. The van der Waals surface area contributed by atoms with E-state index in [2.05, 4.69) is 4.99 Å². The molecule has 0 bridgehead atoms. The van der Waals surface area contributed by atoms with Crippen LogP contribution >= 0.6 is 11.3 Å². The number of benzene rings is 2. The molecule has 0 aliphatic heterocycles. The second-order valence-corrected chi connectivity index (χ2v) is 8.05. The predicted octanol–water partition coefficient (Wildman–Crippen LogP) is 5.91. The third-order valence-corrected chi connectivity index (χ3v) is 5.98. The summed E-state index contributed by atoms with van der Waals surface area (Å²) in [4.78, 5) is 4.94. The highest BCUT2D eigenvalue weighted by Gasteiger charge is 2.16. The van der Waals surface area contributed by atoms with Crippen LogP contribution in [-0.2, 0) is 0 Å². The minimum Gasteiger partial charge on any atom is -0.497 e. The third-order valence-electron chi connectivity index (χ3n) is 5.17. The van der Waals surface area contributed by atoms with Crippen molar-refractivity contribution in [1.29, 1.82) is 0 Å². The predicted molar refractivity (Wildman–Crippen MR) is 118 cm³/mol. The summed E-state index contributed by atoms with van der Waals surface area (Å²) in [5, 5.41) is 6.79. The molecule has 1 saturated carbocycles. The van der Waals surface area contributed by atoms with Gasteiger partial charge in [0.15, 0.2) is 5.82 Å². The number of thiazole rings is 1. The number of methoxy groups -OCH3 is 2. The zero-order chi connectivity index (χ0) is 21.8. The van der Waals surface area contributed by atoms with Gasteiger partial charge < -0.3 is 9.47 Å². The van der Waals surface area contributed by atoms with Crippen LogP contribution in [0.3, 0.4) is 0 Å². The maximum atomic E-state index is 14.3. The molecule has 162 valence electrons. The summed E-state index contributed by atoms with van der Waals surface area (Å²) < 4.78 is 40.3. The zero-order valence-corrected chi connectivity index (χ0v) is 18.2. The molecule has 1 aliphatic rings. The Kier molecular flexibility index (Phi) is 6.46. The molecule has 8 heteroatoms. The van der Waals surface area contributed by atoms with Crippen molar-refractivity contribution in [3.05, 3.63) is 58.2 Å². The van der Waals surface area contributed by atoms with E-state index in [0.717, 1.165) is 48.7 Å². The molecular weight excluding hydrogens is 420 g/mol. The molecule has 2 aromatic carbocycles. The average Bonchev–Trinajstić information content (AvgIpc) is 3.17. The molecule has 5 nitrogen and oxygen atoms in total. The lowest BCUT2D eigenvalue weighted by atomic mass is 9.99. The lowest BCUT2D eigenvalue weighted by Gasteiger charge is -2.14. The number of halogens is 2. The van der Waals surface area contributed by atoms with Crippen LogP contribution in [0.5, 0.6) is 11.5 Å². The highest BCUT2D eigenvalue weighted by Crippen LogP contribution is 2.34. The van der Waals surface area contributed by atoms with Crippen LogP contribution in [0.2, 0.25) is 0 Å². The van der Waals surface area contributed by atoms with Crippen molar-refractivity contribution in [3.63, 3.8) is 0 Å². The summed E-state index contributed by atoms with van der Waals surface area (Å²) in [7, 11) is 3.21. The first-order valence-corrected chi connectivity index (χ1v) is 11.0. The molecule has 3 aromatic rings. The van der Waals surface area contributed by atoms with Gasteiger partial charge in [-0.2, -0.15) is 5.10 Å². The second-order valence-electron chi connectivity index (χ2n) is 7.22. The molecule has 0 radical (unpaired) electrons. The minimum absolute atomic E-state index is 0.0602. The summed E-state index contributed by atoms with van der Waals surface area (Å²) in [6.07, 6.45) is 5.23. The van der Waals surface area contributed by atoms with Gasteiger partial charge in [0.1, 0.15) is 23.0 Å². The third kappa shape index (κ3) is 4.69. The molecule has 0 spiro atoms. The summed E-state index contributed by atoms with van der Waals surface area (Å²) >= 11 is 1.33. The van der Waals surface area contributed by atoms with Crippen molar-refractivity contribution in [2.24, 2.45) is 10.1 Å². The van der Waals surface area contributed by atoms with E-state index in [1.807, 2.05) is 23.6 Å². The molecule has 0 amide bonds. The standard InChI is InChI=1S/C23H23F2N3O2S/c1-29-17-9-11-22(30-2)18(13-17)21-14-31-23(26-20-10-8-15(24)12-19(20)25)28(21)27-16-6-4-3-5-7-16/h8-14H,3-7H2,1-2H3. The van der Waals surface area contributed by atoms with E-state index in [1.165, 1.54) is 29.9 Å². The zero-order valence-electron chi connectivity index (χ0n) is 17.4. The number of hydrogen-bond acceptors (Lipinski definition) is 5. The van der Waals surface area contributed by atoms with Crippen molar-refractivity contribution in [1.82, 2.24) is 4.68 Å². The number of nitrogens with zero attached hydrogens (tertiary/aromatic N) is 3. The number of hydrogen-bond donors (Lipinski definition) is 0. The first-order valence-electron chi connectivity index (χ1n) is 10.1. The maximum Gasteiger partial charge on any atom is 0.211 e. The molecule has 1 heterocycles. The monoisotopic (exact) mass is 443 g/mol. The average molecular weight is 444 g/mol. The quantitative estimate of drug-likeness (QED) is 0.492. The Balaban J connectivity index is 1.92. The Morgan fingerprint density at radius 2 is 1.77 bits per heavy atom. The van der Waals surface area contributed by atoms with Gasteiger partial charge in [0.25, 0.3) is 0 Å². The van der Waals surface area contributed by atoms with Crippen molar-refractivity contribution >= 4 is 22.7 Å². The molecule has 31 heavy (non-hydrogen) atoms. The van der Waals surface area contributed by atoms with Crippen LogP contribution in [0.4, 0.5) is 14.5 Å². The lowest BCUT2D eigenvalue weighted by molar-refractivity contribution is 0.404. The summed E-state index contributed by atoms with van der Waals surface area (Å²) in [5.74, 6) is -0.0109. The molecule has 0 atom stereocenters. The molecule has 1 aliphatic carbocycles. The Hall–Kier alpha value is -3.00. The van der Waals surface area contributed by atoms with Gasteiger partial charge in [-0.25, -0.2) is 18.4 Å². The van der Waals surface area contributed by atoms with E-state index in [1.54, 1.807) is 18.9 Å². The van der Waals surface area contributed by atoms with E-state index < -0.39 is 11.6 Å². The smallest absolute Gasteiger partial charge is 0.211 e. The summed E-state index contributed by atoms with van der Waals surface area (Å²) in [5.41, 5.74) is 2.69. The number of ether oxygens (including phenoxy) is 2. The maximum absolute atomic E-state index is 14.3. The van der Waals surface area contributed by atoms with E-state index >= 15 is 0 Å². The second kappa shape index (κ2) is 9.43. The molecule has 0 saturated heterocycles. The topological polar surface area (TPSA) is 48.1 Å². The first-order chi connectivity index (χ1) is 15.1. The van der Waals surface area contributed by atoms with Crippen LogP contribution in [0.1, 0.15) is 32.1 Å². The fraction of sp³-hybridized carbons (Fsp3) is 0.304. The molecule has 4 rings (SSSR count). The van der Waals surface area contributed by atoms with Crippen molar-refractivity contribution in [2.75, 3.05) is 14.2 Å². The highest BCUT2D eigenvalue weighted by atomic mass is 32.1. The Labute approximate surface area is 183 Å². The van der Waals surface area contributed by atoms with Crippen molar-refractivity contribution < 1.29 is 18.3 Å². The molecular formula is C23H23F2N3O2S. The van der Waals surface area contributed by atoms with Crippen LogP contribution in [0.15, 0.2) is 51.9 Å². The van der Waals surface area contributed by atoms with Crippen LogP contribution in [0.25, 0.3) is 11.3 Å². The van der Waals surface area contributed by atoms with Gasteiger partial charge in [-0.05, 0) is 56.0 Å². The van der Waals surface area contributed by atoms with Crippen molar-refractivity contribution in [2.45, 2.75) is 32.1 Å². The van der Waals surface area contributed by atoms with Gasteiger partial charge >= 0.3 is 0 Å². The van der Waals surface area contributed by atoms with E-state index in [4.69, 9.17) is 14.6 Å². The van der Waals surface area contributed by atoms with Gasteiger partial charge in [0, 0.05) is 22.7 Å². The van der Waals surface area contributed by atoms with Crippen LogP contribution < -0.4 is 14.3 Å². The van der Waals surface area contributed by atoms with Gasteiger partial charge in [-0.3, -0.25) is 0 Å². The Morgan fingerprint density at radius 1 is 0.968 bits per heavy atom. The van der Waals surface area contributed by atoms with Crippen molar-refractivity contribution in [3.8, 4) is 22.8 Å². The first kappa shape index (κ1) is 21.2. The van der Waals surface area contributed by atoms with E-state index in [9.17, 15) is 8.78 Å². The Morgan fingerprint density at radius 3 is 2.48 bits per heavy atom. The SMILES string of the molecule is COc1ccc(OC)c(-c2csc(=Nc3ccc(F)cc3F)n2N=C2CCCCC2)c1. The van der Waals surface area contributed by atoms with Gasteiger partial charge in [-0.1, -0.05) is 6.42 Å². The van der Waals surface area contributed by atoms with Crippen LogP contribution in [0, 0.1) is 11.6 Å². The largest absolute Gasteiger partial charge is 0.497 e. The summed E-state index contributed by atoms with van der Waals surface area (Å²) in [6, 6.07) is 8.88. The van der Waals surface area contributed by atoms with Gasteiger partial charge in [0.05, 0.1) is 19.9 Å². The van der Waals surface area contributed by atoms with Crippen LogP contribution in [-0.4, -0.2) is 24.6 Å². The Bertz CT molecular complexity index is 1180. The minimum atomic E-state index is -0.717. The molecule has 0 unspecified atom stereocenters. The number of rotatable bonds is 5. The van der Waals surface area contributed by atoms with E-state index in [-0.39, 0.29) is 5.69 Å². The van der Waals surface area contributed by atoms with Gasteiger partial charge in [0.2, 0.25) is 4.80 Å². The fourth-order valence-corrected chi connectivity index (χ4v) is 4.38. The van der Waals surface area contributed by atoms with E-state index in [0.29, 0.717) is 16.3 Å². The van der Waals surface area contributed by atoms with Gasteiger partial charge in [-0.15, -0.1) is 11.3 Å². The number of aromatic nitrogens is 1. The highest BCUT2D eigenvalue weighted by molar-refractivity contribution is 7.07. The molecule has 1 aromatic heterocycles.